The molecule has 112 valence electrons. The lowest BCUT2D eigenvalue weighted by atomic mass is 10.1. The highest BCUT2D eigenvalue weighted by Gasteiger charge is 2.18. The first-order chi connectivity index (χ1) is 9.97. The predicted molar refractivity (Wildman–Crippen MR) is 94.9 cm³/mol. The van der Waals surface area contributed by atoms with E-state index in [2.05, 4.69) is 42.1 Å². The Morgan fingerprint density at radius 2 is 1.95 bits per heavy atom. The molecule has 2 aromatic rings. The smallest absolute Gasteiger partial charge is 0.261 e. The molecule has 0 aliphatic carbocycles. The van der Waals surface area contributed by atoms with Crippen molar-refractivity contribution in [2.45, 2.75) is 6.04 Å². The standard InChI is InChI=1S/C15H16Br2N2OS/c1-19(2)9-12(10-6-4-3-5-7-10)18-15(20)13-8-11(16)14(17)21-13/h3-8,12H,9H2,1-2H3,(H,18,20). The molecule has 6 heteroatoms. The Hall–Kier alpha value is -0.690. The molecule has 0 aliphatic rings. The number of halogens is 2. The molecular weight excluding hydrogens is 416 g/mol. The zero-order chi connectivity index (χ0) is 15.4. The van der Waals surface area contributed by atoms with Gasteiger partial charge in [-0.15, -0.1) is 11.3 Å². The topological polar surface area (TPSA) is 32.3 Å². The van der Waals surface area contributed by atoms with Crippen molar-refractivity contribution in [3.8, 4) is 0 Å². The average Bonchev–Trinajstić information content (AvgIpc) is 2.78. The van der Waals surface area contributed by atoms with Gasteiger partial charge in [0.25, 0.3) is 5.91 Å². The van der Waals surface area contributed by atoms with E-state index < -0.39 is 0 Å². The van der Waals surface area contributed by atoms with Crippen molar-refractivity contribution in [2.75, 3.05) is 20.6 Å². The number of carbonyl (C=O) groups is 1. The molecular formula is C15H16Br2N2OS. The largest absolute Gasteiger partial charge is 0.343 e. The normalized spacial score (nSPS) is 12.4. The van der Waals surface area contributed by atoms with E-state index in [1.165, 1.54) is 11.3 Å². The van der Waals surface area contributed by atoms with Crippen LogP contribution >= 0.6 is 43.2 Å². The van der Waals surface area contributed by atoms with Crippen LogP contribution in [0.4, 0.5) is 0 Å². The summed E-state index contributed by atoms with van der Waals surface area (Å²) in [7, 11) is 4.00. The Morgan fingerprint density at radius 1 is 1.29 bits per heavy atom. The van der Waals surface area contributed by atoms with Crippen molar-refractivity contribution in [3.63, 3.8) is 0 Å². The van der Waals surface area contributed by atoms with Gasteiger partial charge >= 0.3 is 0 Å². The molecule has 0 fully saturated rings. The van der Waals surface area contributed by atoms with Crippen molar-refractivity contribution in [1.82, 2.24) is 10.2 Å². The minimum Gasteiger partial charge on any atom is -0.343 e. The van der Waals surface area contributed by atoms with Crippen LogP contribution in [0, 0.1) is 0 Å². The third-order valence-electron chi connectivity index (χ3n) is 2.92. The Labute approximate surface area is 145 Å². The van der Waals surface area contributed by atoms with E-state index in [0.717, 1.165) is 20.4 Å². The lowest BCUT2D eigenvalue weighted by Gasteiger charge is -2.22. The van der Waals surface area contributed by atoms with Crippen LogP contribution in [0.5, 0.6) is 0 Å². The van der Waals surface area contributed by atoms with Crippen LogP contribution in [0.1, 0.15) is 21.3 Å². The molecule has 1 unspecified atom stereocenters. The summed E-state index contributed by atoms with van der Waals surface area (Å²) < 4.78 is 1.83. The van der Waals surface area contributed by atoms with Gasteiger partial charge in [-0.2, -0.15) is 0 Å². The molecule has 1 atom stereocenters. The molecule has 3 nitrogen and oxygen atoms in total. The highest BCUT2D eigenvalue weighted by Crippen LogP contribution is 2.32. The number of rotatable bonds is 5. The van der Waals surface area contributed by atoms with Gasteiger partial charge < -0.3 is 10.2 Å². The Balaban J connectivity index is 2.17. The summed E-state index contributed by atoms with van der Waals surface area (Å²) in [6.07, 6.45) is 0. The van der Waals surface area contributed by atoms with E-state index in [1.807, 2.05) is 50.5 Å². The maximum atomic E-state index is 12.4. The van der Waals surface area contributed by atoms with Crippen molar-refractivity contribution >= 4 is 49.1 Å². The Bertz CT molecular complexity index is 594. The molecule has 21 heavy (non-hydrogen) atoms. The first-order valence-corrected chi connectivity index (χ1v) is 8.83. The second-order valence-corrected chi connectivity index (χ2v) is 8.16. The van der Waals surface area contributed by atoms with Crippen molar-refractivity contribution in [2.24, 2.45) is 0 Å². The molecule has 1 N–H and O–H groups in total. The summed E-state index contributed by atoms with van der Waals surface area (Å²) in [5.74, 6) is -0.0536. The second kappa shape index (κ2) is 7.54. The predicted octanol–water partition coefficient (Wildman–Crippen LogP) is 4.31. The van der Waals surface area contributed by atoms with Gasteiger partial charge in [-0.25, -0.2) is 0 Å². The molecule has 1 aromatic heterocycles. The Kier molecular flexibility index (Phi) is 5.98. The molecule has 0 aliphatic heterocycles. The summed E-state index contributed by atoms with van der Waals surface area (Å²) in [6.45, 7) is 0.753. The molecule has 1 amide bonds. The summed E-state index contributed by atoms with van der Waals surface area (Å²) in [5, 5.41) is 3.11. The molecule has 1 aromatic carbocycles. The zero-order valence-corrected chi connectivity index (χ0v) is 15.8. The van der Waals surface area contributed by atoms with E-state index in [0.29, 0.717) is 4.88 Å². The fourth-order valence-electron chi connectivity index (χ4n) is 1.97. The van der Waals surface area contributed by atoms with Gasteiger partial charge in [0.15, 0.2) is 0 Å². The van der Waals surface area contributed by atoms with Gasteiger partial charge in [0, 0.05) is 11.0 Å². The third-order valence-corrected chi connectivity index (χ3v) is 6.18. The number of hydrogen-bond acceptors (Lipinski definition) is 3. The zero-order valence-electron chi connectivity index (χ0n) is 11.8. The minimum atomic E-state index is -0.0536. The van der Waals surface area contributed by atoms with Crippen LogP contribution in [0.3, 0.4) is 0 Å². The fourth-order valence-corrected chi connectivity index (χ4v) is 3.91. The van der Waals surface area contributed by atoms with E-state index in [9.17, 15) is 4.79 Å². The van der Waals surface area contributed by atoms with Crippen molar-refractivity contribution in [1.29, 1.82) is 0 Å². The number of thiophene rings is 1. The number of likely N-dealkylation sites (N-methyl/N-ethyl adjacent to an activating group) is 1. The van der Waals surface area contributed by atoms with Crippen LogP contribution in [0.25, 0.3) is 0 Å². The summed E-state index contributed by atoms with van der Waals surface area (Å²) in [4.78, 5) is 15.2. The lowest BCUT2D eigenvalue weighted by Crippen LogP contribution is -2.34. The molecule has 0 saturated carbocycles. The number of benzene rings is 1. The maximum Gasteiger partial charge on any atom is 0.261 e. The molecule has 0 spiro atoms. The van der Waals surface area contributed by atoms with Gasteiger partial charge in [-0.1, -0.05) is 30.3 Å². The monoisotopic (exact) mass is 430 g/mol. The summed E-state index contributed by atoms with van der Waals surface area (Å²) in [6, 6.07) is 11.8. The van der Waals surface area contributed by atoms with Gasteiger partial charge in [0.1, 0.15) is 0 Å². The highest BCUT2D eigenvalue weighted by atomic mass is 79.9. The lowest BCUT2D eigenvalue weighted by molar-refractivity contribution is 0.0934. The van der Waals surface area contributed by atoms with Crippen LogP contribution in [-0.2, 0) is 0 Å². The van der Waals surface area contributed by atoms with Gasteiger partial charge in [-0.3, -0.25) is 4.79 Å². The maximum absolute atomic E-state index is 12.4. The summed E-state index contributed by atoms with van der Waals surface area (Å²) in [5.41, 5.74) is 1.11. The SMILES string of the molecule is CN(C)CC(NC(=O)c1cc(Br)c(Br)s1)c1ccccc1. The quantitative estimate of drug-likeness (QED) is 0.764. The molecule has 0 bridgehead atoms. The van der Waals surface area contributed by atoms with E-state index in [4.69, 9.17) is 0 Å². The number of nitrogens with one attached hydrogen (secondary N) is 1. The van der Waals surface area contributed by atoms with Crippen LogP contribution in [-0.4, -0.2) is 31.4 Å². The van der Waals surface area contributed by atoms with Crippen LogP contribution < -0.4 is 5.32 Å². The number of amides is 1. The van der Waals surface area contributed by atoms with Crippen molar-refractivity contribution in [3.05, 3.63) is 55.1 Å². The number of hydrogen-bond donors (Lipinski definition) is 1. The third kappa shape index (κ3) is 4.64. The minimum absolute atomic E-state index is 0.0339. The molecule has 0 radical (unpaired) electrons. The van der Waals surface area contributed by atoms with Crippen molar-refractivity contribution < 1.29 is 4.79 Å². The van der Waals surface area contributed by atoms with Gasteiger partial charge in [-0.05, 0) is 57.6 Å². The van der Waals surface area contributed by atoms with E-state index >= 15 is 0 Å². The highest BCUT2D eigenvalue weighted by molar-refractivity contribution is 9.13. The number of carbonyl (C=O) groups excluding carboxylic acids is 1. The first-order valence-electron chi connectivity index (χ1n) is 6.42. The average molecular weight is 432 g/mol. The number of nitrogens with zero attached hydrogens (tertiary/aromatic N) is 1. The Morgan fingerprint density at radius 3 is 2.48 bits per heavy atom. The first kappa shape index (κ1) is 16.7. The second-order valence-electron chi connectivity index (χ2n) is 4.93. The van der Waals surface area contributed by atoms with E-state index in [1.54, 1.807) is 0 Å². The van der Waals surface area contributed by atoms with Gasteiger partial charge in [0.05, 0.1) is 14.7 Å². The van der Waals surface area contributed by atoms with Crippen LogP contribution in [0.15, 0.2) is 44.7 Å². The van der Waals surface area contributed by atoms with Gasteiger partial charge in [0.2, 0.25) is 0 Å². The van der Waals surface area contributed by atoms with Crippen LogP contribution in [0.2, 0.25) is 0 Å². The summed E-state index contributed by atoms with van der Waals surface area (Å²) >= 11 is 8.25. The fraction of sp³-hybridized carbons (Fsp3) is 0.267. The molecule has 0 saturated heterocycles. The van der Waals surface area contributed by atoms with E-state index in [-0.39, 0.29) is 11.9 Å². The molecule has 2 rings (SSSR count). The molecule has 1 heterocycles.